The molecule has 1 aromatic rings. The SMILES string of the molecule is CCOCCC1(CNC(=NC)NCc2ccc(CN3CCOCC3)cc2)CCCC1.I. The number of nitrogens with one attached hydrogen (secondary N) is 2. The zero-order valence-corrected chi connectivity index (χ0v) is 21.7. The van der Waals surface area contributed by atoms with Crippen LogP contribution in [0.1, 0.15) is 50.2 Å². The molecule has 31 heavy (non-hydrogen) atoms. The van der Waals surface area contributed by atoms with Crippen LogP contribution in [-0.4, -0.2) is 64.0 Å². The molecule has 0 amide bonds. The third kappa shape index (κ3) is 8.86. The fraction of sp³-hybridized carbons (Fsp3) is 0.708. The molecule has 0 atom stereocenters. The van der Waals surface area contributed by atoms with Gasteiger partial charge in [-0.3, -0.25) is 9.89 Å². The van der Waals surface area contributed by atoms with Gasteiger partial charge in [0.25, 0.3) is 0 Å². The van der Waals surface area contributed by atoms with E-state index in [0.29, 0.717) is 5.41 Å². The number of aliphatic imine (C=N–C) groups is 1. The molecule has 0 aromatic heterocycles. The highest BCUT2D eigenvalue weighted by Crippen LogP contribution is 2.40. The van der Waals surface area contributed by atoms with Crippen molar-refractivity contribution in [3.8, 4) is 0 Å². The molecule has 1 heterocycles. The molecule has 7 heteroatoms. The second kappa shape index (κ2) is 14.3. The van der Waals surface area contributed by atoms with Gasteiger partial charge in [-0.1, -0.05) is 37.1 Å². The topological polar surface area (TPSA) is 58.1 Å². The standard InChI is InChI=1S/C24H40N4O2.HI/c1-3-29-15-12-24(10-4-5-11-24)20-27-23(25-2)26-18-21-6-8-22(9-7-21)19-28-13-16-30-17-14-28;/h6-9H,3-5,10-20H2,1-2H3,(H2,25,26,27);1H. The Morgan fingerprint density at radius 3 is 2.42 bits per heavy atom. The molecule has 0 spiro atoms. The summed E-state index contributed by atoms with van der Waals surface area (Å²) in [5.41, 5.74) is 2.99. The molecule has 0 unspecified atom stereocenters. The summed E-state index contributed by atoms with van der Waals surface area (Å²) in [6, 6.07) is 8.92. The van der Waals surface area contributed by atoms with Crippen LogP contribution < -0.4 is 10.6 Å². The molecule has 2 aliphatic rings. The first-order valence-corrected chi connectivity index (χ1v) is 11.6. The lowest BCUT2D eigenvalue weighted by atomic mass is 9.83. The van der Waals surface area contributed by atoms with E-state index in [-0.39, 0.29) is 24.0 Å². The number of nitrogens with zero attached hydrogens (tertiary/aromatic N) is 2. The van der Waals surface area contributed by atoms with E-state index >= 15 is 0 Å². The molecule has 2 fully saturated rings. The maximum absolute atomic E-state index is 5.63. The fourth-order valence-corrected chi connectivity index (χ4v) is 4.53. The Kier molecular flexibility index (Phi) is 12.1. The second-order valence-electron chi connectivity index (χ2n) is 8.64. The Balaban J connectivity index is 0.00000341. The van der Waals surface area contributed by atoms with Gasteiger partial charge in [-0.25, -0.2) is 0 Å². The van der Waals surface area contributed by atoms with Crippen LogP contribution in [0.15, 0.2) is 29.3 Å². The van der Waals surface area contributed by atoms with Gasteiger partial charge in [0.05, 0.1) is 13.2 Å². The van der Waals surface area contributed by atoms with E-state index in [1.807, 2.05) is 7.05 Å². The number of guanidine groups is 1. The maximum atomic E-state index is 5.63. The maximum Gasteiger partial charge on any atom is 0.191 e. The van der Waals surface area contributed by atoms with Gasteiger partial charge >= 0.3 is 0 Å². The van der Waals surface area contributed by atoms with Gasteiger partial charge in [0.2, 0.25) is 0 Å². The van der Waals surface area contributed by atoms with Gasteiger partial charge in [0.15, 0.2) is 5.96 Å². The molecule has 176 valence electrons. The smallest absolute Gasteiger partial charge is 0.191 e. The molecule has 1 aromatic carbocycles. The Morgan fingerprint density at radius 1 is 1.10 bits per heavy atom. The molecule has 1 aliphatic carbocycles. The summed E-state index contributed by atoms with van der Waals surface area (Å²) < 4.78 is 11.1. The summed E-state index contributed by atoms with van der Waals surface area (Å²) in [5.74, 6) is 0.884. The molecule has 1 aliphatic heterocycles. The van der Waals surface area contributed by atoms with Gasteiger partial charge < -0.3 is 20.1 Å². The summed E-state index contributed by atoms with van der Waals surface area (Å²) in [5, 5.41) is 7.06. The van der Waals surface area contributed by atoms with Gasteiger partial charge in [0.1, 0.15) is 0 Å². The van der Waals surface area contributed by atoms with Gasteiger partial charge in [-0.2, -0.15) is 0 Å². The first-order chi connectivity index (χ1) is 14.7. The van der Waals surface area contributed by atoms with Crippen LogP contribution in [0.5, 0.6) is 0 Å². The van der Waals surface area contributed by atoms with Crippen LogP contribution in [-0.2, 0) is 22.6 Å². The van der Waals surface area contributed by atoms with Crippen LogP contribution in [0, 0.1) is 5.41 Å². The summed E-state index contributed by atoms with van der Waals surface area (Å²) in [6.45, 7) is 10.2. The zero-order chi connectivity index (χ0) is 21.1. The van der Waals surface area contributed by atoms with Gasteiger partial charge in [-0.15, -0.1) is 24.0 Å². The third-order valence-corrected chi connectivity index (χ3v) is 6.49. The highest BCUT2D eigenvalue weighted by molar-refractivity contribution is 14.0. The number of rotatable bonds is 10. The van der Waals surface area contributed by atoms with Crippen molar-refractivity contribution < 1.29 is 9.47 Å². The lowest BCUT2D eigenvalue weighted by Gasteiger charge is -2.30. The third-order valence-electron chi connectivity index (χ3n) is 6.49. The minimum absolute atomic E-state index is 0. The zero-order valence-electron chi connectivity index (χ0n) is 19.3. The number of benzene rings is 1. The van der Waals surface area contributed by atoms with Crippen molar-refractivity contribution in [1.29, 1.82) is 0 Å². The number of halogens is 1. The normalized spacial score (nSPS) is 19.1. The Bertz CT molecular complexity index is 641. The molecule has 1 saturated heterocycles. The van der Waals surface area contributed by atoms with Crippen LogP contribution in [0.4, 0.5) is 0 Å². The predicted octanol–water partition coefficient (Wildman–Crippen LogP) is 3.79. The van der Waals surface area contributed by atoms with E-state index in [1.165, 1.54) is 36.8 Å². The molecule has 1 saturated carbocycles. The van der Waals surface area contributed by atoms with Crippen LogP contribution >= 0.6 is 24.0 Å². The second-order valence-corrected chi connectivity index (χ2v) is 8.64. The quantitative estimate of drug-likeness (QED) is 0.203. The highest BCUT2D eigenvalue weighted by atomic mass is 127. The van der Waals surface area contributed by atoms with Gasteiger partial charge in [0, 0.05) is 53.0 Å². The van der Waals surface area contributed by atoms with Crippen molar-refractivity contribution in [2.24, 2.45) is 10.4 Å². The lowest BCUT2D eigenvalue weighted by Crippen LogP contribution is -2.43. The summed E-state index contributed by atoms with van der Waals surface area (Å²) in [7, 11) is 1.85. The van der Waals surface area contributed by atoms with E-state index in [9.17, 15) is 0 Å². The number of hydrogen-bond donors (Lipinski definition) is 2. The minimum Gasteiger partial charge on any atom is -0.382 e. The minimum atomic E-state index is 0. The molecular formula is C24H41IN4O2. The molecule has 2 N–H and O–H groups in total. The Labute approximate surface area is 205 Å². The number of morpholine rings is 1. The van der Waals surface area contributed by atoms with Crippen molar-refractivity contribution >= 4 is 29.9 Å². The summed E-state index contributed by atoms with van der Waals surface area (Å²) in [6.07, 6.45) is 6.37. The lowest BCUT2D eigenvalue weighted by molar-refractivity contribution is 0.0342. The molecular weight excluding hydrogens is 503 g/mol. The summed E-state index contributed by atoms with van der Waals surface area (Å²) in [4.78, 5) is 6.88. The van der Waals surface area contributed by atoms with Crippen LogP contribution in [0.3, 0.4) is 0 Å². The molecule has 6 nitrogen and oxygen atoms in total. The van der Waals surface area contributed by atoms with Crippen molar-refractivity contribution in [3.05, 3.63) is 35.4 Å². The highest BCUT2D eigenvalue weighted by Gasteiger charge is 2.33. The van der Waals surface area contributed by atoms with E-state index in [2.05, 4.69) is 51.7 Å². The van der Waals surface area contributed by atoms with Crippen LogP contribution in [0.25, 0.3) is 0 Å². The largest absolute Gasteiger partial charge is 0.382 e. The van der Waals surface area contributed by atoms with Crippen LogP contribution in [0.2, 0.25) is 0 Å². The molecule has 0 radical (unpaired) electrons. The predicted molar refractivity (Wildman–Crippen MR) is 138 cm³/mol. The first-order valence-electron chi connectivity index (χ1n) is 11.6. The van der Waals surface area contributed by atoms with Gasteiger partial charge in [-0.05, 0) is 42.7 Å². The molecule has 0 bridgehead atoms. The van der Waals surface area contributed by atoms with E-state index in [4.69, 9.17) is 9.47 Å². The number of ether oxygens (including phenoxy) is 2. The Hall–Kier alpha value is -0.900. The van der Waals surface area contributed by atoms with Crippen molar-refractivity contribution in [3.63, 3.8) is 0 Å². The van der Waals surface area contributed by atoms with Crippen molar-refractivity contribution in [2.45, 2.75) is 52.1 Å². The van der Waals surface area contributed by atoms with Crippen molar-refractivity contribution in [1.82, 2.24) is 15.5 Å². The Morgan fingerprint density at radius 2 is 1.77 bits per heavy atom. The number of hydrogen-bond acceptors (Lipinski definition) is 4. The van der Waals surface area contributed by atoms with E-state index < -0.39 is 0 Å². The molecule has 3 rings (SSSR count). The average molecular weight is 545 g/mol. The first kappa shape index (κ1) is 26.4. The fourth-order valence-electron chi connectivity index (χ4n) is 4.53. The monoisotopic (exact) mass is 544 g/mol. The average Bonchev–Trinajstić information content (AvgIpc) is 3.25. The van der Waals surface area contributed by atoms with Crippen molar-refractivity contribution in [2.75, 3.05) is 53.1 Å². The van der Waals surface area contributed by atoms with E-state index in [0.717, 1.165) is 71.5 Å². The van der Waals surface area contributed by atoms with E-state index in [1.54, 1.807) is 0 Å². The summed E-state index contributed by atoms with van der Waals surface area (Å²) >= 11 is 0.